The van der Waals surface area contributed by atoms with E-state index in [2.05, 4.69) is 27.4 Å². The fourth-order valence-electron chi connectivity index (χ4n) is 4.47. The molecule has 2 aromatic heterocycles. The molecule has 33 heavy (non-hydrogen) atoms. The third-order valence-corrected chi connectivity index (χ3v) is 6.44. The molecule has 2 aromatic carbocycles. The Bertz CT molecular complexity index is 1290. The third kappa shape index (κ3) is 4.30. The number of fused-ring (bicyclic) bond motifs is 1. The molecule has 1 saturated heterocycles. The molecule has 170 valence electrons. The summed E-state index contributed by atoms with van der Waals surface area (Å²) in [7, 11) is 0. The highest BCUT2D eigenvalue weighted by molar-refractivity contribution is 6.31. The van der Waals surface area contributed by atoms with Gasteiger partial charge in [-0.1, -0.05) is 30.2 Å². The van der Waals surface area contributed by atoms with Crippen LogP contribution in [0.25, 0.3) is 16.8 Å². The van der Waals surface area contributed by atoms with Crippen LogP contribution in [0.1, 0.15) is 35.7 Å². The van der Waals surface area contributed by atoms with Crippen molar-refractivity contribution < 1.29 is 9.21 Å². The van der Waals surface area contributed by atoms with Crippen molar-refractivity contribution in [2.24, 2.45) is 5.92 Å². The molecule has 4 aromatic rings. The predicted octanol–water partition coefficient (Wildman–Crippen LogP) is 4.72. The molecule has 1 aliphatic rings. The van der Waals surface area contributed by atoms with Crippen molar-refractivity contribution in [2.75, 3.05) is 18.4 Å². The van der Waals surface area contributed by atoms with Crippen molar-refractivity contribution in [3.63, 3.8) is 0 Å². The molecule has 8 nitrogen and oxygen atoms in total. The number of likely N-dealkylation sites (tertiary alicyclic amines) is 1. The fraction of sp³-hybridized carbons (Fsp3) is 0.333. The first-order chi connectivity index (χ1) is 16.0. The molecule has 9 heteroatoms. The summed E-state index contributed by atoms with van der Waals surface area (Å²) in [6.45, 7) is 5.39. The molecular formula is C24H25ClN6O2. The number of oxazole rings is 1. The van der Waals surface area contributed by atoms with Gasteiger partial charge in [0.15, 0.2) is 5.58 Å². The number of piperidine rings is 1. The Balaban J connectivity index is 1.40. The van der Waals surface area contributed by atoms with Crippen molar-refractivity contribution in [3.05, 3.63) is 64.9 Å². The van der Waals surface area contributed by atoms with Crippen molar-refractivity contribution >= 4 is 34.6 Å². The maximum absolute atomic E-state index is 13.8. The van der Waals surface area contributed by atoms with E-state index >= 15 is 0 Å². The summed E-state index contributed by atoms with van der Waals surface area (Å²) in [6.07, 6.45) is 5.24. The Morgan fingerprint density at radius 2 is 2.03 bits per heavy atom. The van der Waals surface area contributed by atoms with Gasteiger partial charge in [0.1, 0.15) is 5.52 Å². The number of carbonyl (C=O) groups is 1. The van der Waals surface area contributed by atoms with Gasteiger partial charge in [0.2, 0.25) is 0 Å². The van der Waals surface area contributed by atoms with Gasteiger partial charge in [-0.2, -0.15) is 20.0 Å². The maximum Gasteiger partial charge on any atom is 0.295 e. The Kier molecular flexibility index (Phi) is 5.76. The maximum atomic E-state index is 13.8. The lowest BCUT2D eigenvalue weighted by Crippen LogP contribution is -2.51. The van der Waals surface area contributed by atoms with E-state index in [-0.39, 0.29) is 11.9 Å². The van der Waals surface area contributed by atoms with Gasteiger partial charge < -0.3 is 14.6 Å². The minimum absolute atomic E-state index is 0.0104. The molecule has 5 rings (SSSR count). The van der Waals surface area contributed by atoms with Crippen LogP contribution in [0.4, 0.5) is 6.01 Å². The van der Waals surface area contributed by atoms with Crippen LogP contribution in [-0.4, -0.2) is 49.9 Å². The molecule has 0 bridgehead atoms. The highest BCUT2D eigenvalue weighted by Crippen LogP contribution is 2.28. The number of hydrogen-bond acceptors (Lipinski definition) is 6. The minimum atomic E-state index is -0.0197. The Morgan fingerprint density at radius 3 is 2.85 bits per heavy atom. The quantitative estimate of drug-likeness (QED) is 0.459. The summed E-state index contributed by atoms with van der Waals surface area (Å²) >= 11 is 6.06. The van der Waals surface area contributed by atoms with Crippen LogP contribution in [-0.2, 0) is 0 Å². The van der Waals surface area contributed by atoms with Crippen molar-refractivity contribution in [1.29, 1.82) is 0 Å². The molecule has 1 aliphatic heterocycles. The highest BCUT2D eigenvalue weighted by atomic mass is 35.5. The van der Waals surface area contributed by atoms with Crippen LogP contribution in [0.3, 0.4) is 0 Å². The van der Waals surface area contributed by atoms with Crippen molar-refractivity contribution in [3.8, 4) is 5.69 Å². The molecule has 0 spiro atoms. The molecule has 1 fully saturated rings. The van der Waals surface area contributed by atoms with Gasteiger partial charge in [-0.05, 0) is 56.0 Å². The second-order valence-corrected chi connectivity index (χ2v) is 8.97. The van der Waals surface area contributed by atoms with Gasteiger partial charge in [-0.15, -0.1) is 0 Å². The molecule has 3 heterocycles. The molecule has 0 unspecified atom stereocenters. The van der Waals surface area contributed by atoms with Gasteiger partial charge >= 0.3 is 0 Å². The van der Waals surface area contributed by atoms with Crippen molar-refractivity contribution in [1.82, 2.24) is 24.9 Å². The zero-order valence-corrected chi connectivity index (χ0v) is 19.3. The number of rotatable bonds is 5. The second kappa shape index (κ2) is 8.86. The van der Waals surface area contributed by atoms with Crippen molar-refractivity contribution in [2.45, 2.75) is 32.7 Å². The summed E-state index contributed by atoms with van der Waals surface area (Å²) in [4.78, 5) is 21.7. The first kappa shape index (κ1) is 21.5. The van der Waals surface area contributed by atoms with Crippen LogP contribution in [0.5, 0.6) is 0 Å². The lowest BCUT2D eigenvalue weighted by molar-refractivity contribution is 0.0539. The second-order valence-electron chi connectivity index (χ2n) is 8.54. The highest BCUT2D eigenvalue weighted by Gasteiger charge is 2.33. The number of benzene rings is 2. The first-order valence-electron chi connectivity index (χ1n) is 11.1. The smallest absolute Gasteiger partial charge is 0.295 e. The number of nitrogens with zero attached hydrogens (tertiary/aromatic N) is 5. The summed E-state index contributed by atoms with van der Waals surface area (Å²) in [6, 6.07) is 11.5. The number of amides is 1. The number of carbonyl (C=O) groups excluding carboxylic acids is 1. The number of hydrogen-bond donors (Lipinski definition) is 1. The fourth-order valence-corrected chi connectivity index (χ4v) is 4.64. The summed E-state index contributed by atoms with van der Waals surface area (Å²) in [5.74, 6) is 0.304. The van der Waals surface area contributed by atoms with E-state index in [1.807, 2.05) is 30.0 Å². The van der Waals surface area contributed by atoms with Crippen LogP contribution in [0.2, 0.25) is 5.02 Å². The van der Waals surface area contributed by atoms with Gasteiger partial charge in [-0.25, -0.2) is 0 Å². The largest absolute Gasteiger partial charge is 0.424 e. The zero-order chi connectivity index (χ0) is 22.9. The lowest BCUT2D eigenvalue weighted by Gasteiger charge is -2.40. The van der Waals surface area contributed by atoms with Crippen LogP contribution >= 0.6 is 11.6 Å². The molecule has 1 amide bonds. The van der Waals surface area contributed by atoms with Gasteiger partial charge in [0, 0.05) is 18.1 Å². The van der Waals surface area contributed by atoms with E-state index in [4.69, 9.17) is 16.0 Å². The first-order valence-corrected chi connectivity index (χ1v) is 11.5. The SMILES string of the molecule is Cc1ccc(-n2nccn2)c(C(=O)N2CCC[C@@H](C)[C@H]2CNc2nc3cc(Cl)ccc3o2)c1. The topological polar surface area (TPSA) is 89.1 Å². The van der Waals surface area contributed by atoms with Gasteiger partial charge in [-0.3, -0.25) is 4.79 Å². The lowest BCUT2D eigenvalue weighted by atomic mass is 9.90. The van der Waals surface area contributed by atoms with Crippen LogP contribution < -0.4 is 5.32 Å². The van der Waals surface area contributed by atoms with Crippen LogP contribution in [0.15, 0.2) is 53.2 Å². The normalized spacial score (nSPS) is 18.6. The molecule has 2 atom stereocenters. The standard InChI is InChI=1S/C24H25ClN6O2/c1-15-5-7-20(31-27-9-10-28-31)18(12-15)23(32)30-11-3-4-16(2)21(30)14-26-24-29-19-13-17(25)6-8-22(19)33-24/h5-10,12-13,16,21H,3-4,11,14H2,1-2H3,(H,26,29)/t16-,21-/m1/s1. The average Bonchev–Trinajstić information content (AvgIpc) is 3.47. The molecule has 0 saturated carbocycles. The molecular weight excluding hydrogens is 440 g/mol. The van der Waals surface area contributed by atoms with E-state index in [9.17, 15) is 4.79 Å². The zero-order valence-electron chi connectivity index (χ0n) is 18.5. The van der Waals surface area contributed by atoms with E-state index in [1.165, 1.54) is 4.80 Å². The Hall–Kier alpha value is -3.39. The molecule has 1 N–H and O–H groups in total. The number of aromatic nitrogens is 4. The van der Waals surface area contributed by atoms with E-state index in [1.54, 1.807) is 30.6 Å². The van der Waals surface area contributed by atoms with Gasteiger partial charge in [0.25, 0.3) is 11.9 Å². The number of nitrogens with one attached hydrogen (secondary N) is 1. The molecule has 0 radical (unpaired) electrons. The summed E-state index contributed by atoms with van der Waals surface area (Å²) in [5.41, 5.74) is 3.66. The molecule has 0 aliphatic carbocycles. The monoisotopic (exact) mass is 464 g/mol. The van der Waals surface area contributed by atoms with E-state index in [0.29, 0.717) is 52.4 Å². The van der Waals surface area contributed by atoms with E-state index < -0.39 is 0 Å². The Labute approximate surface area is 196 Å². The summed E-state index contributed by atoms with van der Waals surface area (Å²) < 4.78 is 5.81. The third-order valence-electron chi connectivity index (χ3n) is 6.21. The van der Waals surface area contributed by atoms with E-state index in [0.717, 1.165) is 18.4 Å². The van der Waals surface area contributed by atoms with Gasteiger partial charge in [0.05, 0.1) is 29.7 Å². The summed E-state index contributed by atoms with van der Waals surface area (Å²) in [5, 5.41) is 12.4. The predicted molar refractivity (Wildman–Crippen MR) is 127 cm³/mol. The number of halogens is 1. The minimum Gasteiger partial charge on any atom is -0.424 e. The Morgan fingerprint density at radius 1 is 1.21 bits per heavy atom. The average molecular weight is 465 g/mol. The number of anilines is 1. The van der Waals surface area contributed by atoms with Crippen LogP contribution in [0, 0.1) is 12.8 Å². The number of aryl methyl sites for hydroxylation is 1.